The van der Waals surface area contributed by atoms with E-state index in [1.807, 2.05) is 36.4 Å². The molecule has 0 fully saturated rings. The van der Waals surface area contributed by atoms with E-state index in [0.717, 1.165) is 21.1 Å². The summed E-state index contributed by atoms with van der Waals surface area (Å²) in [5.41, 5.74) is 3.45. The van der Waals surface area contributed by atoms with Crippen LogP contribution in [0.1, 0.15) is 24.1 Å². The van der Waals surface area contributed by atoms with Gasteiger partial charge in [0.05, 0.1) is 16.8 Å². The Morgan fingerprint density at radius 3 is 2.35 bits per heavy atom. The Hall–Kier alpha value is -0.700. The Morgan fingerprint density at radius 1 is 1.10 bits per heavy atom. The number of alkyl halides is 1. The number of benzene rings is 2. The van der Waals surface area contributed by atoms with Crippen LogP contribution in [0.15, 0.2) is 42.5 Å². The molecule has 0 aliphatic carbocycles. The Morgan fingerprint density at radius 2 is 1.75 bits per heavy atom. The smallest absolute Gasteiger partial charge is 0.0642 e. The Balaban J connectivity index is 2.35. The highest BCUT2D eigenvalue weighted by molar-refractivity contribution is 9.08. The topological polar surface area (TPSA) is 3.24 Å². The van der Waals surface area contributed by atoms with E-state index < -0.39 is 0 Å². The molecule has 106 valence electrons. The molecule has 20 heavy (non-hydrogen) atoms. The molecule has 4 heteroatoms. The number of halogens is 3. The van der Waals surface area contributed by atoms with Gasteiger partial charge in [0.25, 0.3) is 0 Å². The molecule has 0 spiro atoms. The third-order valence-electron chi connectivity index (χ3n) is 3.50. The summed E-state index contributed by atoms with van der Waals surface area (Å²) in [5.74, 6) is 0. The van der Waals surface area contributed by atoms with Gasteiger partial charge in [-0.25, -0.2) is 0 Å². The molecular formula is C16H16BrCl2N. The minimum Gasteiger partial charge on any atom is -0.366 e. The third kappa shape index (κ3) is 3.30. The van der Waals surface area contributed by atoms with Crippen molar-refractivity contribution in [2.75, 3.05) is 11.9 Å². The lowest BCUT2D eigenvalue weighted by atomic mass is 10.1. The Kier molecular flexibility index (Phi) is 5.36. The third-order valence-corrected chi connectivity index (χ3v) is 4.66. The fourth-order valence-electron chi connectivity index (χ4n) is 2.22. The van der Waals surface area contributed by atoms with E-state index in [1.165, 1.54) is 11.1 Å². The molecule has 0 saturated carbocycles. The Labute approximate surface area is 138 Å². The van der Waals surface area contributed by atoms with Crippen LogP contribution in [0, 0.1) is 0 Å². The lowest BCUT2D eigenvalue weighted by Crippen LogP contribution is -2.23. The quantitative estimate of drug-likeness (QED) is 0.587. The van der Waals surface area contributed by atoms with Crippen LogP contribution < -0.4 is 4.90 Å². The largest absolute Gasteiger partial charge is 0.366 e. The van der Waals surface area contributed by atoms with Crippen LogP contribution >= 0.6 is 39.1 Å². The molecule has 1 unspecified atom stereocenters. The van der Waals surface area contributed by atoms with Gasteiger partial charge in [0.15, 0.2) is 0 Å². The zero-order chi connectivity index (χ0) is 14.7. The summed E-state index contributed by atoms with van der Waals surface area (Å²) < 4.78 is 0. The van der Waals surface area contributed by atoms with Crippen LogP contribution in [0.4, 0.5) is 5.69 Å². The summed E-state index contributed by atoms with van der Waals surface area (Å²) in [6, 6.07) is 14.1. The van der Waals surface area contributed by atoms with Gasteiger partial charge in [-0.15, -0.1) is 0 Å². The molecule has 0 radical (unpaired) electrons. The molecule has 0 saturated heterocycles. The van der Waals surface area contributed by atoms with Gasteiger partial charge < -0.3 is 4.90 Å². The van der Waals surface area contributed by atoms with E-state index in [0.29, 0.717) is 0 Å². The number of hydrogen-bond acceptors (Lipinski definition) is 1. The first-order chi connectivity index (χ1) is 9.54. The fraction of sp³-hybridized carbons (Fsp3) is 0.250. The standard InChI is InChI=1S/C16H16BrCl2N/c1-11(12-6-8-14(18)9-7-12)20(2)16-13(10-17)4-3-5-15(16)19/h3-9,11H,10H2,1-2H3. The van der Waals surface area contributed by atoms with Crippen LogP contribution in [-0.2, 0) is 5.33 Å². The van der Waals surface area contributed by atoms with Gasteiger partial charge in [-0.1, -0.05) is 63.4 Å². The van der Waals surface area contributed by atoms with Gasteiger partial charge in [0.1, 0.15) is 0 Å². The van der Waals surface area contributed by atoms with Crippen molar-refractivity contribution in [3.05, 3.63) is 63.6 Å². The summed E-state index contributed by atoms with van der Waals surface area (Å²) in [7, 11) is 2.06. The number of anilines is 1. The maximum absolute atomic E-state index is 6.38. The summed E-state index contributed by atoms with van der Waals surface area (Å²) in [5, 5.41) is 2.30. The summed E-state index contributed by atoms with van der Waals surface area (Å²) in [6.45, 7) is 2.16. The van der Waals surface area contributed by atoms with Gasteiger partial charge >= 0.3 is 0 Å². The first-order valence-corrected chi connectivity index (χ1v) is 8.24. The van der Waals surface area contributed by atoms with Crippen LogP contribution in [0.25, 0.3) is 0 Å². The molecule has 0 heterocycles. The molecule has 1 nitrogen and oxygen atoms in total. The molecule has 2 aromatic rings. The summed E-state index contributed by atoms with van der Waals surface area (Å²) >= 11 is 15.8. The minimum atomic E-state index is 0.213. The maximum Gasteiger partial charge on any atom is 0.0642 e. The van der Waals surface area contributed by atoms with Gasteiger partial charge in [0.2, 0.25) is 0 Å². The second-order valence-corrected chi connectivity index (χ2v) is 6.12. The zero-order valence-corrected chi connectivity index (χ0v) is 14.5. The molecule has 0 aliphatic rings. The molecule has 2 rings (SSSR count). The van der Waals surface area contributed by atoms with Crippen molar-refractivity contribution < 1.29 is 0 Å². The summed E-state index contributed by atoms with van der Waals surface area (Å²) in [6.07, 6.45) is 0. The van der Waals surface area contributed by atoms with E-state index in [9.17, 15) is 0 Å². The van der Waals surface area contributed by atoms with Crippen molar-refractivity contribution in [3.8, 4) is 0 Å². The van der Waals surface area contributed by atoms with Crippen LogP contribution in [0.3, 0.4) is 0 Å². The first-order valence-electron chi connectivity index (χ1n) is 6.36. The van der Waals surface area contributed by atoms with Crippen molar-refractivity contribution in [2.24, 2.45) is 0 Å². The SMILES string of the molecule is CC(c1ccc(Cl)cc1)N(C)c1c(Cl)cccc1CBr. The van der Waals surface area contributed by atoms with Gasteiger partial charge in [-0.2, -0.15) is 0 Å². The molecule has 0 N–H and O–H groups in total. The molecule has 0 aliphatic heterocycles. The van der Waals surface area contributed by atoms with E-state index in [4.69, 9.17) is 23.2 Å². The average molecular weight is 373 g/mol. The zero-order valence-electron chi connectivity index (χ0n) is 11.4. The van der Waals surface area contributed by atoms with Crippen LogP contribution in [0.2, 0.25) is 10.0 Å². The second kappa shape index (κ2) is 6.84. The lowest BCUT2D eigenvalue weighted by molar-refractivity contribution is 0.737. The van der Waals surface area contributed by atoms with Crippen molar-refractivity contribution in [3.63, 3.8) is 0 Å². The first kappa shape index (κ1) is 15.7. The highest BCUT2D eigenvalue weighted by Crippen LogP contribution is 2.35. The predicted octanol–water partition coefficient (Wildman–Crippen LogP) is 6.09. The maximum atomic E-state index is 6.38. The van der Waals surface area contributed by atoms with Crippen molar-refractivity contribution >= 4 is 44.8 Å². The molecule has 2 aromatic carbocycles. The van der Waals surface area contributed by atoms with E-state index in [-0.39, 0.29) is 6.04 Å². The second-order valence-electron chi connectivity index (χ2n) is 4.72. The van der Waals surface area contributed by atoms with E-state index in [1.54, 1.807) is 0 Å². The van der Waals surface area contributed by atoms with Gasteiger partial charge in [-0.3, -0.25) is 0 Å². The molecule has 0 bridgehead atoms. The van der Waals surface area contributed by atoms with Crippen LogP contribution in [0.5, 0.6) is 0 Å². The van der Waals surface area contributed by atoms with E-state index in [2.05, 4.69) is 40.9 Å². The fourth-order valence-corrected chi connectivity index (χ4v) is 3.13. The van der Waals surface area contributed by atoms with E-state index >= 15 is 0 Å². The highest BCUT2D eigenvalue weighted by atomic mass is 79.9. The Bertz CT molecular complexity index is 584. The van der Waals surface area contributed by atoms with Crippen molar-refractivity contribution in [1.29, 1.82) is 0 Å². The average Bonchev–Trinajstić information content (AvgIpc) is 2.46. The highest BCUT2D eigenvalue weighted by Gasteiger charge is 2.17. The summed E-state index contributed by atoms with van der Waals surface area (Å²) in [4.78, 5) is 2.20. The lowest BCUT2D eigenvalue weighted by Gasteiger charge is -2.30. The molecule has 1 atom stereocenters. The monoisotopic (exact) mass is 371 g/mol. The number of nitrogens with zero attached hydrogens (tertiary/aromatic N) is 1. The van der Waals surface area contributed by atoms with Crippen molar-refractivity contribution in [2.45, 2.75) is 18.3 Å². The number of rotatable bonds is 4. The van der Waals surface area contributed by atoms with Gasteiger partial charge in [-0.05, 0) is 36.2 Å². The molecular weight excluding hydrogens is 357 g/mol. The minimum absolute atomic E-state index is 0.213. The number of para-hydroxylation sites is 1. The molecule has 0 aromatic heterocycles. The predicted molar refractivity (Wildman–Crippen MR) is 92.4 cm³/mol. The normalized spacial score (nSPS) is 12.2. The van der Waals surface area contributed by atoms with Crippen molar-refractivity contribution in [1.82, 2.24) is 0 Å². The van der Waals surface area contributed by atoms with Crippen LogP contribution in [-0.4, -0.2) is 7.05 Å². The number of hydrogen-bond donors (Lipinski definition) is 0. The molecule has 0 amide bonds. The van der Waals surface area contributed by atoms with Gasteiger partial charge in [0, 0.05) is 17.4 Å².